The number of ketones is 1. The minimum Gasteiger partial charge on any atom is -0.377 e. The number of carbonyl (C=O) groups excluding carboxylic acids is 1. The first-order chi connectivity index (χ1) is 6.12. The van der Waals surface area contributed by atoms with E-state index < -0.39 is 5.60 Å². The van der Waals surface area contributed by atoms with Crippen molar-refractivity contribution in [2.45, 2.75) is 12.5 Å². The van der Waals surface area contributed by atoms with E-state index in [-0.39, 0.29) is 5.78 Å². The lowest BCUT2D eigenvalue weighted by Gasteiger charge is -2.25. The highest BCUT2D eigenvalue weighted by atomic mass is 16.3. The Bertz CT molecular complexity index is 389. The molecule has 0 spiro atoms. The zero-order valence-electron chi connectivity index (χ0n) is 7.32. The summed E-state index contributed by atoms with van der Waals surface area (Å²) in [4.78, 5) is 11.3. The van der Waals surface area contributed by atoms with Gasteiger partial charge in [0.2, 0.25) is 0 Å². The molecular weight excluding hydrogens is 164 g/mol. The molecule has 0 heterocycles. The minimum absolute atomic E-state index is 0.258. The van der Waals surface area contributed by atoms with E-state index in [0.29, 0.717) is 5.56 Å². The van der Waals surface area contributed by atoms with Crippen LogP contribution in [0.5, 0.6) is 0 Å². The Morgan fingerprint density at radius 3 is 2.69 bits per heavy atom. The first kappa shape index (κ1) is 8.20. The first-order valence-corrected chi connectivity index (χ1v) is 4.17. The van der Waals surface area contributed by atoms with Crippen LogP contribution in [0.25, 0.3) is 6.08 Å². The molecule has 0 radical (unpaired) electrons. The molecule has 1 atom stereocenters. The SMILES string of the molecule is CC1(O)C(=O)C=Cc2ccccc21. The van der Waals surface area contributed by atoms with Gasteiger partial charge in [-0.2, -0.15) is 0 Å². The summed E-state index contributed by atoms with van der Waals surface area (Å²) in [5.41, 5.74) is 0.236. The quantitative estimate of drug-likeness (QED) is 0.647. The number of fused-ring (bicyclic) bond motifs is 1. The van der Waals surface area contributed by atoms with Gasteiger partial charge in [0.15, 0.2) is 5.78 Å². The van der Waals surface area contributed by atoms with Crippen LogP contribution in [-0.2, 0) is 10.4 Å². The van der Waals surface area contributed by atoms with E-state index in [4.69, 9.17) is 0 Å². The molecule has 2 nitrogen and oxygen atoms in total. The van der Waals surface area contributed by atoms with Gasteiger partial charge in [-0.05, 0) is 24.1 Å². The molecule has 1 aliphatic rings. The monoisotopic (exact) mass is 174 g/mol. The second-order valence-electron chi connectivity index (χ2n) is 3.36. The third kappa shape index (κ3) is 1.11. The molecule has 0 fully saturated rings. The van der Waals surface area contributed by atoms with Gasteiger partial charge >= 0.3 is 0 Å². The molecule has 0 saturated carbocycles. The normalized spacial score (nSPS) is 25.8. The second kappa shape index (κ2) is 2.54. The third-order valence-corrected chi connectivity index (χ3v) is 2.38. The number of aliphatic hydroxyl groups is 1. The highest BCUT2D eigenvalue weighted by molar-refractivity contribution is 6.03. The van der Waals surface area contributed by atoms with Gasteiger partial charge in [0, 0.05) is 0 Å². The highest BCUT2D eigenvalue weighted by Crippen LogP contribution is 2.30. The molecular formula is C11H10O2. The van der Waals surface area contributed by atoms with Crippen LogP contribution < -0.4 is 0 Å². The summed E-state index contributed by atoms with van der Waals surface area (Å²) in [7, 11) is 0. The fraction of sp³-hybridized carbons (Fsp3) is 0.182. The summed E-state index contributed by atoms with van der Waals surface area (Å²) >= 11 is 0. The standard InChI is InChI=1S/C11H10O2/c1-11(13)9-5-3-2-4-8(9)6-7-10(11)12/h2-7,13H,1H3. The van der Waals surface area contributed by atoms with Gasteiger partial charge in [-0.1, -0.05) is 30.3 Å². The summed E-state index contributed by atoms with van der Waals surface area (Å²) in [5.74, 6) is -0.258. The summed E-state index contributed by atoms with van der Waals surface area (Å²) in [6.07, 6.45) is 3.15. The maximum Gasteiger partial charge on any atom is 0.191 e. The van der Waals surface area contributed by atoms with E-state index in [1.807, 2.05) is 18.2 Å². The molecule has 1 unspecified atom stereocenters. The van der Waals surface area contributed by atoms with Crippen LogP contribution >= 0.6 is 0 Å². The summed E-state index contributed by atoms with van der Waals surface area (Å²) in [6, 6.07) is 7.36. The molecule has 0 aliphatic heterocycles. The molecule has 2 rings (SSSR count). The number of hydrogen-bond donors (Lipinski definition) is 1. The van der Waals surface area contributed by atoms with Crippen LogP contribution in [0.1, 0.15) is 18.1 Å². The fourth-order valence-electron chi connectivity index (χ4n) is 1.55. The average Bonchev–Trinajstić information content (AvgIpc) is 2.13. The second-order valence-corrected chi connectivity index (χ2v) is 3.36. The molecule has 0 saturated heterocycles. The predicted octanol–water partition coefficient (Wildman–Crippen LogP) is 1.49. The number of benzene rings is 1. The van der Waals surface area contributed by atoms with Gasteiger partial charge < -0.3 is 5.11 Å². The third-order valence-electron chi connectivity index (χ3n) is 2.38. The van der Waals surface area contributed by atoms with E-state index in [1.165, 1.54) is 13.0 Å². The van der Waals surface area contributed by atoms with Gasteiger partial charge in [0.25, 0.3) is 0 Å². The van der Waals surface area contributed by atoms with Crippen LogP contribution in [0, 0.1) is 0 Å². The van der Waals surface area contributed by atoms with Crippen molar-refractivity contribution in [2.24, 2.45) is 0 Å². The average molecular weight is 174 g/mol. The Hall–Kier alpha value is -1.41. The van der Waals surface area contributed by atoms with Crippen molar-refractivity contribution in [1.82, 2.24) is 0 Å². The first-order valence-electron chi connectivity index (χ1n) is 4.17. The molecule has 2 heteroatoms. The number of rotatable bonds is 0. The van der Waals surface area contributed by atoms with Gasteiger partial charge in [-0.3, -0.25) is 4.79 Å². The maximum atomic E-state index is 11.3. The number of hydrogen-bond acceptors (Lipinski definition) is 2. The van der Waals surface area contributed by atoms with Gasteiger partial charge in [-0.25, -0.2) is 0 Å². The van der Waals surface area contributed by atoms with E-state index in [9.17, 15) is 9.90 Å². The zero-order valence-corrected chi connectivity index (χ0v) is 7.32. The Labute approximate surface area is 76.5 Å². The Balaban J connectivity index is 2.68. The van der Waals surface area contributed by atoms with Crippen LogP contribution in [0.2, 0.25) is 0 Å². The minimum atomic E-state index is -1.36. The number of carbonyl (C=O) groups is 1. The molecule has 1 aliphatic carbocycles. The van der Waals surface area contributed by atoms with Crippen LogP contribution in [-0.4, -0.2) is 10.9 Å². The Kier molecular flexibility index (Phi) is 1.60. The molecule has 0 bridgehead atoms. The van der Waals surface area contributed by atoms with Crippen molar-refractivity contribution in [1.29, 1.82) is 0 Å². The predicted molar refractivity (Wildman–Crippen MR) is 50.1 cm³/mol. The van der Waals surface area contributed by atoms with Crippen LogP contribution in [0.4, 0.5) is 0 Å². The molecule has 0 amide bonds. The molecule has 1 aromatic rings. The zero-order chi connectivity index (χ0) is 9.47. The highest BCUT2D eigenvalue weighted by Gasteiger charge is 2.34. The molecule has 1 N–H and O–H groups in total. The molecule has 1 aromatic carbocycles. The van der Waals surface area contributed by atoms with Crippen LogP contribution in [0.15, 0.2) is 30.3 Å². The Morgan fingerprint density at radius 2 is 1.92 bits per heavy atom. The smallest absolute Gasteiger partial charge is 0.191 e. The summed E-state index contributed by atoms with van der Waals surface area (Å²) in [5, 5.41) is 9.89. The topological polar surface area (TPSA) is 37.3 Å². The summed E-state index contributed by atoms with van der Waals surface area (Å²) < 4.78 is 0. The van der Waals surface area contributed by atoms with Crippen molar-refractivity contribution in [2.75, 3.05) is 0 Å². The summed E-state index contributed by atoms with van der Waals surface area (Å²) in [6.45, 7) is 1.53. The van der Waals surface area contributed by atoms with Gasteiger partial charge in [-0.15, -0.1) is 0 Å². The lowest BCUT2D eigenvalue weighted by molar-refractivity contribution is -0.131. The van der Waals surface area contributed by atoms with E-state index in [1.54, 1.807) is 12.1 Å². The van der Waals surface area contributed by atoms with E-state index >= 15 is 0 Å². The van der Waals surface area contributed by atoms with Crippen molar-refractivity contribution in [3.05, 3.63) is 41.5 Å². The van der Waals surface area contributed by atoms with Crippen LogP contribution in [0.3, 0.4) is 0 Å². The van der Waals surface area contributed by atoms with Crippen molar-refractivity contribution >= 4 is 11.9 Å². The van der Waals surface area contributed by atoms with Crippen molar-refractivity contribution < 1.29 is 9.90 Å². The van der Waals surface area contributed by atoms with Gasteiger partial charge in [0.1, 0.15) is 5.60 Å². The van der Waals surface area contributed by atoms with E-state index in [2.05, 4.69) is 0 Å². The lowest BCUT2D eigenvalue weighted by atomic mass is 9.84. The van der Waals surface area contributed by atoms with E-state index in [0.717, 1.165) is 5.56 Å². The Morgan fingerprint density at radius 1 is 1.23 bits per heavy atom. The molecule has 66 valence electrons. The lowest BCUT2D eigenvalue weighted by Crippen LogP contribution is -2.33. The van der Waals surface area contributed by atoms with Crippen molar-refractivity contribution in [3.8, 4) is 0 Å². The van der Waals surface area contributed by atoms with Gasteiger partial charge in [0.05, 0.1) is 0 Å². The molecule has 13 heavy (non-hydrogen) atoms. The molecule has 0 aromatic heterocycles. The van der Waals surface area contributed by atoms with Crippen molar-refractivity contribution in [3.63, 3.8) is 0 Å². The fourth-order valence-corrected chi connectivity index (χ4v) is 1.55. The largest absolute Gasteiger partial charge is 0.377 e. The maximum absolute atomic E-state index is 11.3.